The fourth-order valence-electron chi connectivity index (χ4n) is 3.86. The van der Waals surface area contributed by atoms with Gasteiger partial charge in [0.2, 0.25) is 15.9 Å². The normalized spacial score (nSPS) is 21.2. The molecule has 11 heteroatoms. The number of carbonyl (C=O) groups excluding carboxylic acids is 1. The molecule has 0 bridgehead atoms. The highest BCUT2D eigenvalue weighted by Crippen LogP contribution is 2.32. The lowest BCUT2D eigenvalue weighted by molar-refractivity contribution is -0.137. The minimum atomic E-state index is -3.15. The fraction of sp³-hybridized carbons (Fsp3) is 0.556. The van der Waals surface area contributed by atoms with Crippen LogP contribution < -0.4 is 4.90 Å². The molecule has 0 radical (unpaired) electrons. The van der Waals surface area contributed by atoms with E-state index in [-0.39, 0.29) is 17.1 Å². The lowest BCUT2D eigenvalue weighted by Gasteiger charge is -2.43. The molecule has 5 rings (SSSR count). The van der Waals surface area contributed by atoms with Crippen LogP contribution in [-0.2, 0) is 14.8 Å². The van der Waals surface area contributed by atoms with Crippen molar-refractivity contribution in [2.24, 2.45) is 5.92 Å². The predicted octanol–water partition coefficient (Wildman–Crippen LogP) is -0.265. The number of carbonyl (C=O) groups is 1. The van der Waals surface area contributed by atoms with Crippen LogP contribution in [0.3, 0.4) is 0 Å². The second-order valence-corrected chi connectivity index (χ2v) is 9.97. The molecule has 0 aromatic carbocycles. The van der Waals surface area contributed by atoms with Crippen molar-refractivity contribution in [2.75, 3.05) is 44.2 Å². The first-order valence-corrected chi connectivity index (χ1v) is 11.4. The Kier molecular flexibility index (Phi) is 4.50. The number of sulfonamides is 1. The Morgan fingerprint density at radius 1 is 1.03 bits per heavy atom. The molecule has 2 aromatic heterocycles. The van der Waals surface area contributed by atoms with Gasteiger partial charge in [-0.1, -0.05) is 0 Å². The molecule has 0 atom stereocenters. The van der Waals surface area contributed by atoms with E-state index >= 15 is 0 Å². The van der Waals surface area contributed by atoms with Crippen molar-refractivity contribution in [3.63, 3.8) is 0 Å². The van der Waals surface area contributed by atoms with Crippen LogP contribution in [0.25, 0.3) is 5.82 Å². The highest BCUT2D eigenvalue weighted by Gasteiger charge is 2.42. The van der Waals surface area contributed by atoms with Crippen LogP contribution >= 0.6 is 0 Å². The molecular weight excluding hydrogens is 394 g/mol. The molecule has 3 fully saturated rings. The summed E-state index contributed by atoms with van der Waals surface area (Å²) in [5.41, 5.74) is 0. The van der Waals surface area contributed by atoms with Gasteiger partial charge in [-0.05, 0) is 18.9 Å². The molecule has 2 aliphatic heterocycles. The number of rotatable bonds is 5. The summed E-state index contributed by atoms with van der Waals surface area (Å²) in [5.74, 6) is 1.48. The van der Waals surface area contributed by atoms with E-state index in [1.54, 1.807) is 20.1 Å². The smallest absolute Gasteiger partial charge is 0.229 e. The monoisotopic (exact) mass is 417 g/mol. The van der Waals surface area contributed by atoms with E-state index in [1.165, 1.54) is 6.33 Å². The molecule has 2 aromatic rings. The second kappa shape index (κ2) is 7.06. The summed E-state index contributed by atoms with van der Waals surface area (Å²) in [6.45, 7) is 2.96. The van der Waals surface area contributed by atoms with Crippen molar-refractivity contribution in [1.82, 2.24) is 29.0 Å². The van der Waals surface area contributed by atoms with Gasteiger partial charge in [0.15, 0.2) is 5.82 Å². The first kappa shape index (κ1) is 18.5. The molecule has 1 amide bonds. The highest BCUT2D eigenvalue weighted by atomic mass is 32.2. The highest BCUT2D eigenvalue weighted by molar-refractivity contribution is 7.90. The van der Waals surface area contributed by atoms with E-state index in [2.05, 4.69) is 15.1 Å². The molecule has 0 N–H and O–H groups in total. The molecule has 2 saturated heterocycles. The number of amides is 1. The van der Waals surface area contributed by atoms with Gasteiger partial charge >= 0.3 is 0 Å². The summed E-state index contributed by atoms with van der Waals surface area (Å²) in [6.07, 6.45) is 6.55. The Balaban J connectivity index is 1.16. The van der Waals surface area contributed by atoms with Crippen LogP contribution in [-0.4, -0.2) is 87.8 Å². The minimum Gasteiger partial charge on any atom is -0.355 e. The quantitative estimate of drug-likeness (QED) is 0.660. The Hall–Kier alpha value is -2.53. The molecule has 3 aliphatic rings. The number of hydrogen-bond acceptors (Lipinski definition) is 7. The van der Waals surface area contributed by atoms with Gasteiger partial charge in [0.25, 0.3) is 0 Å². The molecule has 1 saturated carbocycles. The van der Waals surface area contributed by atoms with Gasteiger partial charge in [-0.2, -0.15) is 9.40 Å². The number of anilines is 1. The first-order valence-electron chi connectivity index (χ1n) is 9.87. The van der Waals surface area contributed by atoms with Crippen LogP contribution in [0, 0.1) is 5.92 Å². The van der Waals surface area contributed by atoms with Crippen LogP contribution in [0.5, 0.6) is 0 Å². The average molecular weight is 417 g/mol. The van der Waals surface area contributed by atoms with E-state index in [9.17, 15) is 13.2 Å². The summed E-state index contributed by atoms with van der Waals surface area (Å²) in [6, 6.07) is 3.69. The molecule has 0 unspecified atom stereocenters. The Bertz CT molecular complexity index is 992. The molecule has 154 valence electrons. The van der Waals surface area contributed by atoms with Gasteiger partial charge in [0.05, 0.1) is 11.2 Å². The molecule has 10 nitrogen and oxygen atoms in total. The van der Waals surface area contributed by atoms with E-state index in [4.69, 9.17) is 0 Å². The van der Waals surface area contributed by atoms with Crippen LogP contribution in [0.4, 0.5) is 5.82 Å². The summed E-state index contributed by atoms with van der Waals surface area (Å²) >= 11 is 0. The van der Waals surface area contributed by atoms with Crippen LogP contribution in [0.2, 0.25) is 0 Å². The van der Waals surface area contributed by atoms with Crippen molar-refractivity contribution in [2.45, 2.75) is 18.1 Å². The Labute approximate surface area is 169 Å². The Morgan fingerprint density at radius 3 is 2.41 bits per heavy atom. The lowest BCUT2D eigenvalue weighted by Crippen LogP contribution is -2.58. The zero-order chi connectivity index (χ0) is 20.0. The van der Waals surface area contributed by atoms with Gasteiger partial charge in [-0.25, -0.2) is 23.1 Å². The first-order chi connectivity index (χ1) is 14.0. The van der Waals surface area contributed by atoms with Crippen molar-refractivity contribution in [3.8, 4) is 5.82 Å². The zero-order valence-electron chi connectivity index (χ0n) is 16.0. The van der Waals surface area contributed by atoms with Gasteiger partial charge < -0.3 is 9.80 Å². The second-order valence-electron chi connectivity index (χ2n) is 7.76. The molecule has 4 heterocycles. The number of piperazine rings is 1. The van der Waals surface area contributed by atoms with E-state index in [1.807, 2.05) is 23.2 Å². The maximum Gasteiger partial charge on any atom is 0.229 e. The zero-order valence-corrected chi connectivity index (χ0v) is 16.8. The van der Waals surface area contributed by atoms with Gasteiger partial charge in [0.1, 0.15) is 12.1 Å². The molecular formula is C18H23N7O3S. The Morgan fingerprint density at radius 2 is 1.76 bits per heavy atom. The number of hydrogen-bond donors (Lipinski definition) is 0. The number of aromatic nitrogens is 4. The molecule has 29 heavy (non-hydrogen) atoms. The topological polar surface area (TPSA) is 105 Å². The van der Waals surface area contributed by atoms with Crippen molar-refractivity contribution in [1.29, 1.82) is 0 Å². The van der Waals surface area contributed by atoms with E-state index in [0.29, 0.717) is 45.1 Å². The summed E-state index contributed by atoms with van der Waals surface area (Å²) < 4.78 is 27.9. The third-order valence-corrected chi connectivity index (χ3v) is 8.19. The third-order valence-electron chi connectivity index (χ3n) is 5.79. The van der Waals surface area contributed by atoms with Crippen molar-refractivity contribution in [3.05, 3.63) is 30.9 Å². The molecule has 1 aliphatic carbocycles. The summed E-state index contributed by atoms with van der Waals surface area (Å²) in [4.78, 5) is 25.2. The minimum absolute atomic E-state index is 0.0790. The van der Waals surface area contributed by atoms with E-state index < -0.39 is 10.0 Å². The average Bonchev–Trinajstić information content (AvgIpc) is 3.43. The summed E-state index contributed by atoms with van der Waals surface area (Å²) in [5, 5.41) is 3.98. The van der Waals surface area contributed by atoms with Crippen molar-refractivity contribution < 1.29 is 13.2 Å². The van der Waals surface area contributed by atoms with Gasteiger partial charge in [0, 0.05) is 57.7 Å². The SMILES string of the molecule is O=C(C1CN(c2cc(-n3cccn3)ncn2)C1)N1CCN(S(=O)(=O)C2CC2)CC1. The maximum atomic E-state index is 12.8. The van der Waals surface area contributed by atoms with Gasteiger partial charge in [-0.3, -0.25) is 4.79 Å². The standard InChI is InChI=1S/C18H23N7O3S/c26-18(22-6-8-24(9-7-22)29(27,28)15-2-3-15)14-11-23(12-14)16-10-17(20-13-19-16)25-5-1-4-21-25/h1,4-5,10,13-15H,2-3,6-9,11-12H2. The number of nitrogens with zero attached hydrogens (tertiary/aromatic N) is 7. The van der Waals surface area contributed by atoms with Crippen molar-refractivity contribution >= 4 is 21.7 Å². The third kappa shape index (κ3) is 3.48. The lowest BCUT2D eigenvalue weighted by atomic mass is 9.98. The molecule has 0 spiro atoms. The maximum absolute atomic E-state index is 12.8. The van der Waals surface area contributed by atoms with Gasteiger partial charge in [-0.15, -0.1) is 0 Å². The largest absolute Gasteiger partial charge is 0.355 e. The van der Waals surface area contributed by atoms with E-state index in [0.717, 1.165) is 18.7 Å². The predicted molar refractivity (Wildman–Crippen MR) is 105 cm³/mol. The summed E-state index contributed by atoms with van der Waals surface area (Å²) in [7, 11) is -3.15. The fourth-order valence-corrected chi connectivity index (χ4v) is 5.69. The van der Waals surface area contributed by atoms with Crippen LogP contribution in [0.15, 0.2) is 30.9 Å². The van der Waals surface area contributed by atoms with Crippen LogP contribution in [0.1, 0.15) is 12.8 Å².